The highest BCUT2D eigenvalue weighted by atomic mass is 16.6. The Bertz CT molecular complexity index is 1970. The van der Waals surface area contributed by atoms with Crippen molar-refractivity contribution in [3.05, 3.63) is 146 Å². The third-order valence-electron chi connectivity index (χ3n) is 6.36. The van der Waals surface area contributed by atoms with Crippen molar-refractivity contribution < 1.29 is 38.1 Å². The van der Waals surface area contributed by atoms with Gasteiger partial charge in [0.05, 0.1) is 5.56 Å². The fourth-order valence-electron chi connectivity index (χ4n) is 3.99. The van der Waals surface area contributed by atoms with E-state index in [4.69, 9.17) is 18.9 Å². The molecule has 4 aromatic carbocycles. The molecule has 0 aliphatic heterocycles. The van der Waals surface area contributed by atoms with Crippen LogP contribution in [0.2, 0.25) is 0 Å². The number of hydrogen-bond donors (Lipinski definition) is 0. The number of rotatable bonds is 10. The van der Waals surface area contributed by atoms with Crippen molar-refractivity contribution in [3.63, 3.8) is 0 Å². The van der Waals surface area contributed by atoms with Gasteiger partial charge in [-0.2, -0.15) is 0 Å². The van der Waals surface area contributed by atoms with Crippen LogP contribution in [0.4, 0.5) is 0 Å². The molecule has 0 saturated heterocycles. The van der Waals surface area contributed by atoms with E-state index in [0.717, 1.165) is 34.9 Å². The zero-order valence-electron chi connectivity index (χ0n) is 25.4. The third kappa shape index (κ3) is 8.91. The Hall–Kier alpha value is -6.72. The van der Waals surface area contributed by atoms with Gasteiger partial charge < -0.3 is 18.9 Å². The molecule has 4 rings (SSSR count). The Labute approximate surface area is 271 Å². The summed E-state index contributed by atoms with van der Waals surface area (Å²) in [6.45, 7) is 15.3. The average molecular weight is 625 g/mol. The lowest BCUT2D eigenvalue weighted by Crippen LogP contribution is -2.11. The second kappa shape index (κ2) is 15.3. The highest BCUT2D eigenvalue weighted by molar-refractivity contribution is 5.90. The minimum Gasteiger partial charge on any atom is -0.423 e. The molecule has 0 aliphatic carbocycles. The van der Waals surface area contributed by atoms with Gasteiger partial charge in [-0.1, -0.05) is 74.6 Å². The molecule has 0 atom stereocenters. The standard InChI is InChI=1S/C39H28O8/c1-6-36(40)44-32-20-17-28(18-21-32)30-16-15-29(34(23-30)46-38(42)8-3)14-11-26-9-12-27(13-10-26)31-19-22-33(45-37(41)7-2)35(24-31)47-39(43)25(4)5/h6-10,12-13,15-24H,1-4H2,5H3. The van der Waals surface area contributed by atoms with Crippen LogP contribution in [0.1, 0.15) is 18.1 Å². The summed E-state index contributed by atoms with van der Waals surface area (Å²) >= 11 is 0. The molecule has 0 unspecified atom stereocenters. The Morgan fingerprint density at radius 1 is 0.553 bits per heavy atom. The van der Waals surface area contributed by atoms with Crippen molar-refractivity contribution in [2.45, 2.75) is 6.92 Å². The van der Waals surface area contributed by atoms with E-state index in [9.17, 15) is 19.2 Å². The van der Waals surface area contributed by atoms with Crippen LogP contribution in [0.5, 0.6) is 23.0 Å². The summed E-state index contributed by atoms with van der Waals surface area (Å²) in [6.07, 6.45) is 3.14. The zero-order chi connectivity index (χ0) is 33.9. The Kier molecular flexibility index (Phi) is 10.8. The van der Waals surface area contributed by atoms with Gasteiger partial charge in [0.15, 0.2) is 11.5 Å². The SMILES string of the molecule is C=CC(=O)Oc1ccc(-c2ccc(C#Cc3ccc(-c4ccc(OC(=O)C=C)c(OC(=O)C(=C)C)c4)cc3)c(OC(=O)C=C)c2)cc1. The summed E-state index contributed by atoms with van der Waals surface area (Å²) < 4.78 is 21.2. The minimum atomic E-state index is -0.701. The Balaban J connectivity index is 1.60. The fraction of sp³-hybridized carbons (Fsp3) is 0.0256. The molecule has 0 N–H and O–H groups in total. The van der Waals surface area contributed by atoms with Gasteiger partial charge in [0.1, 0.15) is 11.5 Å². The van der Waals surface area contributed by atoms with Crippen LogP contribution in [0.25, 0.3) is 22.3 Å². The number of esters is 4. The van der Waals surface area contributed by atoms with Crippen molar-refractivity contribution in [1.82, 2.24) is 0 Å². The molecule has 0 bridgehead atoms. The Morgan fingerprint density at radius 3 is 1.62 bits per heavy atom. The lowest BCUT2D eigenvalue weighted by molar-refractivity contribution is -0.132. The molecule has 0 amide bonds. The van der Waals surface area contributed by atoms with Crippen molar-refractivity contribution in [1.29, 1.82) is 0 Å². The molecule has 8 heteroatoms. The van der Waals surface area contributed by atoms with Gasteiger partial charge in [-0.25, -0.2) is 19.2 Å². The highest BCUT2D eigenvalue weighted by Crippen LogP contribution is 2.34. The lowest BCUT2D eigenvalue weighted by atomic mass is 10.0. The van der Waals surface area contributed by atoms with Crippen LogP contribution in [0.15, 0.2) is 135 Å². The molecule has 0 saturated carbocycles. The quantitative estimate of drug-likeness (QED) is 0.0791. The number of hydrogen-bond acceptors (Lipinski definition) is 8. The normalized spacial score (nSPS) is 9.89. The summed E-state index contributed by atoms with van der Waals surface area (Å²) in [4.78, 5) is 47.5. The van der Waals surface area contributed by atoms with Gasteiger partial charge in [-0.05, 0) is 77.7 Å². The molecule has 0 radical (unpaired) electrons. The van der Waals surface area contributed by atoms with Crippen LogP contribution >= 0.6 is 0 Å². The van der Waals surface area contributed by atoms with E-state index in [-0.39, 0.29) is 22.8 Å². The van der Waals surface area contributed by atoms with E-state index in [1.165, 1.54) is 13.0 Å². The first-order valence-corrected chi connectivity index (χ1v) is 14.0. The molecule has 0 aliphatic rings. The van der Waals surface area contributed by atoms with Crippen molar-refractivity contribution in [2.75, 3.05) is 0 Å². The summed E-state index contributed by atoms with van der Waals surface area (Å²) in [5.41, 5.74) is 4.32. The minimum absolute atomic E-state index is 0.0479. The molecular weight excluding hydrogens is 596 g/mol. The van der Waals surface area contributed by atoms with E-state index in [0.29, 0.717) is 22.4 Å². The fourth-order valence-corrected chi connectivity index (χ4v) is 3.99. The Morgan fingerprint density at radius 2 is 1.04 bits per heavy atom. The summed E-state index contributed by atoms with van der Waals surface area (Å²) in [6, 6.07) is 24.2. The van der Waals surface area contributed by atoms with Gasteiger partial charge in [0.2, 0.25) is 0 Å². The third-order valence-corrected chi connectivity index (χ3v) is 6.36. The zero-order valence-corrected chi connectivity index (χ0v) is 25.4. The first kappa shape index (κ1) is 33.2. The highest BCUT2D eigenvalue weighted by Gasteiger charge is 2.15. The molecule has 8 nitrogen and oxygen atoms in total. The van der Waals surface area contributed by atoms with Crippen LogP contribution < -0.4 is 18.9 Å². The van der Waals surface area contributed by atoms with E-state index in [1.54, 1.807) is 60.7 Å². The van der Waals surface area contributed by atoms with E-state index >= 15 is 0 Å². The van der Waals surface area contributed by atoms with Crippen molar-refractivity contribution in [2.24, 2.45) is 0 Å². The number of benzene rings is 4. The molecule has 0 fully saturated rings. The second-order valence-electron chi connectivity index (χ2n) is 9.77. The van der Waals surface area contributed by atoms with Crippen molar-refractivity contribution >= 4 is 23.9 Å². The van der Waals surface area contributed by atoms with Gasteiger partial charge in [-0.15, -0.1) is 0 Å². The number of ether oxygens (including phenoxy) is 4. The number of carbonyl (C=O) groups is 4. The monoisotopic (exact) mass is 624 g/mol. The van der Waals surface area contributed by atoms with Crippen LogP contribution in [0.3, 0.4) is 0 Å². The van der Waals surface area contributed by atoms with E-state index in [1.807, 2.05) is 18.2 Å². The lowest BCUT2D eigenvalue weighted by Gasteiger charge is -2.12. The topological polar surface area (TPSA) is 105 Å². The summed E-state index contributed by atoms with van der Waals surface area (Å²) in [7, 11) is 0. The van der Waals surface area contributed by atoms with Crippen LogP contribution in [-0.2, 0) is 19.2 Å². The smallest absolute Gasteiger partial charge is 0.338 e. The first-order valence-electron chi connectivity index (χ1n) is 14.0. The number of carbonyl (C=O) groups excluding carboxylic acids is 4. The molecule has 232 valence electrons. The van der Waals surface area contributed by atoms with E-state index < -0.39 is 23.9 Å². The molecular formula is C39H28O8. The second-order valence-corrected chi connectivity index (χ2v) is 9.77. The van der Waals surface area contributed by atoms with Crippen molar-refractivity contribution in [3.8, 4) is 57.1 Å². The molecule has 0 heterocycles. The average Bonchev–Trinajstić information content (AvgIpc) is 3.08. The molecule has 4 aromatic rings. The summed E-state index contributed by atoms with van der Waals surface area (Å²) in [5.74, 6) is 4.28. The molecule has 47 heavy (non-hydrogen) atoms. The van der Waals surface area contributed by atoms with Gasteiger partial charge in [0, 0.05) is 29.4 Å². The predicted molar refractivity (Wildman–Crippen MR) is 178 cm³/mol. The maximum absolute atomic E-state index is 12.2. The maximum atomic E-state index is 12.2. The van der Waals surface area contributed by atoms with Crippen LogP contribution in [-0.4, -0.2) is 23.9 Å². The van der Waals surface area contributed by atoms with E-state index in [2.05, 4.69) is 38.2 Å². The largest absolute Gasteiger partial charge is 0.423 e. The van der Waals surface area contributed by atoms with Crippen LogP contribution in [0, 0.1) is 11.8 Å². The van der Waals surface area contributed by atoms with Gasteiger partial charge in [-0.3, -0.25) is 0 Å². The maximum Gasteiger partial charge on any atom is 0.338 e. The summed E-state index contributed by atoms with van der Waals surface area (Å²) in [5, 5.41) is 0. The molecule has 0 spiro atoms. The van der Waals surface area contributed by atoms with Gasteiger partial charge in [0.25, 0.3) is 0 Å². The van der Waals surface area contributed by atoms with Gasteiger partial charge >= 0.3 is 23.9 Å². The molecule has 0 aromatic heterocycles. The predicted octanol–water partition coefficient (Wildman–Crippen LogP) is 7.18. The first-order chi connectivity index (χ1) is 22.6.